The Bertz CT molecular complexity index is 1320. The molecule has 0 radical (unpaired) electrons. The Labute approximate surface area is 191 Å². The summed E-state index contributed by atoms with van der Waals surface area (Å²) in [6.07, 6.45) is 2.42. The van der Waals surface area contributed by atoms with E-state index in [2.05, 4.69) is 64.5 Å². The lowest BCUT2D eigenvalue weighted by atomic mass is 9.89. The Balaban J connectivity index is 1.39. The van der Waals surface area contributed by atoms with Crippen LogP contribution < -0.4 is 16.0 Å². The zero-order valence-corrected chi connectivity index (χ0v) is 18.9. The summed E-state index contributed by atoms with van der Waals surface area (Å²) in [6, 6.07) is 17.5. The fourth-order valence-corrected chi connectivity index (χ4v) is 6.07. The molecule has 2 aliphatic rings. The molecule has 0 bridgehead atoms. The Morgan fingerprint density at radius 2 is 1.81 bits per heavy atom. The van der Waals surface area contributed by atoms with Crippen molar-refractivity contribution in [1.82, 2.24) is 15.6 Å². The van der Waals surface area contributed by atoms with Gasteiger partial charge in [0, 0.05) is 33.6 Å². The third-order valence-corrected chi connectivity index (χ3v) is 7.86. The fourth-order valence-electron chi connectivity index (χ4n) is 4.97. The number of amides is 1. The van der Waals surface area contributed by atoms with Crippen LogP contribution in [0.3, 0.4) is 0 Å². The fraction of sp³-hybridized carbons (Fsp3) is 0.308. The third kappa shape index (κ3) is 3.34. The number of nitrogens with one attached hydrogen (secondary N) is 3. The molecule has 4 aromatic rings. The number of nitrogens with zero attached hydrogens (tertiary/aromatic N) is 1. The maximum absolute atomic E-state index is 12.6. The van der Waals surface area contributed by atoms with E-state index < -0.39 is 0 Å². The number of benzene rings is 2. The van der Waals surface area contributed by atoms with E-state index in [0.29, 0.717) is 5.92 Å². The molecule has 2 aromatic carbocycles. The van der Waals surface area contributed by atoms with Crippen molar-refractivity contribution >= 4 is 43.9 Å². The van der Waals surface area contributed by atoms with E-state index in [1.165, 1.54) is 18.4 Å². The summed E-state index contributed by atoms with van der Waals surface area (Å²) in [4.78, 5) is 18.4. The van der Waals surface area contributed by atoms with Gasteiger partial charge in [-0.05, 0) is 68.6 Å². The van der Waals surface area contributed by atoms with Crippen LogP contribution in [-0.4, -0.2) is 36.6 Å². The van der Waals surface area contributed by atoms with Crippen LogP contribution in [0.2, 0.25) is 0 Å². The molecule has 2 aromatic heterocycles. The van der Waals surface area contributed by atoms with Gasteiger partial charge in [0.1, 0.15) is 4.88 Å². The molecule has 0 unspecified atom stereocenters. The summed E-state index contributed by atoms with van der Waals surface area (Å²) >= 11 is 1.55. The van der Waals surface area contributed by atoms with E-state index in [4.69, 9.17) is 4.98 Å². The van der Waals surface area contributed by atoms with Gasteiger partial charge in [0.05, 0.1) is 16.9 Å². The summed E-state index contributed by atoms with van der Waals surface area (Å²) in [6.45, 7) is 4.95. The largest absolute Gasteiger partial charge is 0.381 e. The van der Waals surface area contributed by atoms with Gasteiger partial charge >= 0.3 is 0 Å². The van der Waals surface area contributed by atoms with Crippen molar-refractivity contribution in [3.8, 4) is 11.3 Å². The monoisotopic (exact) mass is 442 g/mol. The minimum Gasteiger partial charge on any atom is -0.381 e. The molecule has 32 heavy (non-hydrogen) atoms. The van der Waals surface area contributed by atoms with Crippen LogP contribution in [0.5, 0.6) is 0 Å². The van der Waals surface area contributed by atoms with Crippen LogP contribution in [-0.2, 0) is 0 Å². The first-order chi connectivity index (χ1) is 15.7. The maximum Gasteiger partial charge on any atom is 0.263 e. The van der Waals surface area contributed by atoms with Gasteiger partial charge < -0.3 is 16.0 Å². The van der Waals surface area contributed by atoms with Crippen molar-refractivity contribution in [2.75, 3.05) is 25.0 Å². The molecule has 0 aliphatic carbocycles. The first-order valence-corrected chi connectivity index (χ1v) is 12.2. The molecule has 162 valence electrons. The summed E-state index contributed by atoms with van der Waals surface area (Å²) < 4.78 is 1.11. The Morgan fingerprint density at radius 1 is 1.00 bits per heavy atom. The van der Waals surface area contributed by atoms with Crippen molar-refractivity contribution < 1.29 is 4.79 Å². The zero-order chi connectivity index (χ0) is 21.7. The number of fused-ring (bicyclic) bond motifs is 5. The van der Waals surface area contributed by atoms with Gasteiger partial charge in [0.15, 0.2) is 0 Å². The third-order valence-electron chi connectivity index (χ3n) is 6.71. The zero-order valence-electron chi connectivity index (χ0n) is 18.1. The molecule has 0 spiro atoms. The Morgan fingerprint density at radius 3 is 2.62 bits per heavy atom. The van der Waals surface area contributed by atoms with E-state index >= 15 is 0 Å². The first-order valence-electron chi connectivity index (χ1n) is 11.4. The second kappa shape index (κ2) is 7.87. The van der Waals surface area contributed by atoms with Crippen LogP contribution in [0.4, 0.5) is 5.69 Å². The lowest BCUT2D eigenvalue weighted by Gasteiger charge is -2.23. The normalized spacial score (nSPS) is 19.4. The Kier molecular flexibility index (Phi) is 4.85. The van der Waals surface area contributed by atoms with Crippen LogP contribution in [0, 0.1) is 0 Å². The number of rotatable bonds is 2. The van der Waals surface area contributed by atoms with Crippen LogP contribution in [0.15, 0.2) is 48.5 Å². The maximum atomic E-state index is 12.6. The summed E-state index contributed by atoms with van der Waals surface area (Å²) in [7, 11) is 0. The molecule has 3 N–H and O–H groups in total. The smallest absolute Gasteiger partial charge is 0.263 e. The molecule has 4 heterocycles. The molecule has 6 rings (SSSR count). The number of anilines is 1. The topological polar surface area (TPSA) is 66.0 Å². The number of thiophene rings is 1. The number of aromatic nitrogens is 1. The minimum atomic E-state index is 0.00488. The second-order valence-electron chi connectivity index (χ2n) is 8.91. The van der Waals surface area contributed by atoms with Crippen molar-refractivity contribution in [2.24, 2.45) is 0 Å². The molecule has 6 heteroatoms. The number of carbonyl (C=O) groups excluding carboxylic acids is 1. The lowest BCUT2D eigenvalue weighted by Crippen LogP contribution is -2.34. The first kappa shape index (κ1) is 19.7. The highest BCUT2D eigenvalue weighted by Gasteiger charge is 2.24. The van der Waals surface area contributed by atoms with Crippen molar-refractivity contribution in [3.63, 3.8) is 0 Å². The molecule has 0 saturated carbocycles. The molecule has 1 saturated heterocycles. The highest BCUT2D eigenvalue weighted by Crippen LogP contribution is 2.41. The van der Waals surface area contributed by atoms with Gasteiger partial charge in [0.2, 0.25) is 0 Å². The highest BCUT2D eigenvalue weighted by molar-refractivity contribution is 7.21. The molecule has 1 atom stereocenters. The van der Waals surface area contributed by atoms with E-state index in [0.717, 1.165) is 62.4 Å². The summed E-state index contributed by atoms with van der Waals surface area (Å²) in [5, 5.41) is 12.2. The average molecular weight is 443 g/mol. The number of hydrogen-bond donors (Lipinski definition) is 3. The lowest BCUT2D eigenvalue weighted by molar-refractivity contribution is 0.0949. The SMILES string of the molecule is C[C@@H]1CNc2c(sc3ccc4nc(-c5ccc(C6CCNCC6)cc5)ccc4c23)C(=O)N1. The van der Waals surface area contributed by atoms with E-state index in [-0.39, 0.29) is 11.9 Å². The Hall–Kier alpha value is -2.96. The van der Waals surface area contributed by atoms with E-state index in [1.807, 2.05) is 6.92 Å². The van der Waals surface area contributed by atoms with Crippen LogP contribution >= 0.6 is 11.3 Å². The van der Waals surface area contributed by atoms with Gasteiger partial charge in [0.25, 0.3) is 5.91 Å². The number of carbonyl (C=O) groups is 1. The average Bonchev–Trinajstić information content (AvgIpc) is 3.16. The standard InChI is InChI=1S/C26H26N4OS/c1-15-14-28-24-23-19-6-7-20(18-4-2-16(3-5-18)17-10-12-27-13-11-17)30-21(19)8-9-22(23)32-25(24)26(31)29-15/h2-9,15,17,27-28H,10-14H2,1H3,(H,29,31)/t15-/m1/s1. The minimum absolute atomic E-state index is 0.00488. The van der Waals surface area contributed by atoms with Crippen molar-refractivity contribution in [3.05, 3.63) is 59.0 Å². The molecule has 2 aliphatic heterocycles. The van der Waals surface area contributed by atoms with Gasteiger partial charge in [-0.2, -0.15) is 0 Å². The summed E-state index contributed by atoms with van der Waals surface area (Å²) in [5.41, 5.74) is 5.45. The molecule has 1 fully saturated rings. The van der Waals surface area contributed by atoms with Crippen LogP contribution in [0.25, 0.3) is 32.2 Å². The predicted molar refractivity (Wildman–Crippen MR) is 133 cm³/mol. The van der Waals surface area contributed by atoms with Crippen molar-refractivity contribution in [2.45, 2.75) is 31.7 Å². The second-order valence-corrected chi connectivity index (χ2v) is 9.96. The van der Waals surface area contributed by atoms with Crippen LogP contribution in [0.1, 0.15) is 40.9 Å². The van der Waals surface area contributed by atoms with Gasteiger partial charge in [-0.3, -0.25) is 4.79 Å². The number of pyridine rings is 1. The van der Waals surface area contributed by atoms with E-state index in [1.54, 1.807) is 11.3 Å². The highest BCUT2D eigenvalue weighted by atomic mass is 32.1. The number of piperidine rings is 1. The predicted octanol–water partition coefficient (Wildman–Crippen LogP) is 5.13. The molecular formula is C26H26N4OS. The van der Waals surface area contributed by atoms with Gasteiger partial charge in [-0.1, -0.05) is 24.3 Å². The quantitative estimate of drug-likeness (QED) is 0.403. The molecular weight excluding hydrogens is 416 g/mol. The molecule has 1 amide bonds. The van der Waals surface area contributed by atoms with E-state index in [9.17, 15) is 4.79 Å². The van der Waals surface area contributed by atoms with Gasteiger partial charge in [-0.25, -0.2) is 4.98 Å². The van der Waals surface area contributed by atoms with Crippen molar-refractivity contribution in [1.29, 1.82) is 0 Å². The molecule has 5 nitrogen and oxygen atoms in total. The summed E-state index contributed by atoms with van der Waals surface area (Å²) in [5.74, 6) is 0.662. The van der Waals surface area contributed by atoms with Gasteiger partial charge in [-0.15, -0.1) is 11.3 Å². The number of hydrogen-bond acceptors (Lipinski definition) is 5.